The number of ether oxygens (including phenoxy) is 1. The van der Waals surface area contributed by atoms with Gasteiger partial charge in [0.15, 0.2) is 0 Å². The fraction of sp³-hybridized carbons (Fsp3) is 0.562. The van der Waals surface area contributed by atoms with Gasteiger partial charge in [0.1, 0.15) is 0 Å². The average Bonchev–Trinajstić information content (AvgIpc) is 3.07. The van der Waals surface area contributed by atoms with E-state index in [1.54, 1.807) is 17.0 Å². The number of piperazine rings is 1. The van der Waals surface area contributed by atoms with Crippen molar-refractivity contribution in [2.75, 3.05) is 44.1 Å². The van der Waals surface area contributed by atoms with Crippen LogP contribution in [0, 0.1) is 0 Å². The van der Waals surface area contributed by atoms with Gasteiger partial charge in [-0.25, -0.2) is 4.21 Å². The predicted molar refractivity (Wildman–Crippen MR) is 97.2 cm³/mol. The fourth-order valence-corrected chi connectivity index (χ4v) is 3.82. The summed E-state index contributed by atoms with van der Waals surface area (Å²) in [6.07, 6.45) is 2.58. The Labute approximate surface area is 154 Å². The number of amides is 1. The lowest BCUT2D eigenvalue weighted by molar-refractivity contribution is 0.0433. The molecule has 138 valence electrons. The highest BCUT2D eigenvalue weighted by molar-refractivity contribution is 7.80. The molecule has 2 saturated heterocycles. The molecule has 9 heteroatoms. The second kappa shape index (κ2) is 8.46. The second-order valence-electron chi connectivity index (χ2n) is 6.27. The molecule has 2 unspecified atom stereocenters. The van der Waals surface area contributed by atoms with Crippen LogP contribution in [-0.2, 0) is 16.0 Å². The Morgan fingerprint density at radius 1 is 1.36 bits per heavy atom. The smallest absolute Gasteiger partial charge is 0.259 e. The Morgan fingerprint density at radius 3 is 2.72 bits per heavy atom. The van der Waals surface area contributed by atoms with Gasteiger partial charge >= 0.3 is 0 Å². The van der Waals surface area contributed by atoms with Crippen LogP contribution in [0.15, 0.2) is 18.2 Å². The highest BCUT2D eigenvalue weighted by atomic mass is 35.5. The van der Waals surface area contributed by atoms with Gasteiger partial charge in [0.25, 0.3) is 17.2 Å². The van der Waals surface area contributed by atoms with Crippen molar-refractivity contribution < 1.29 is 18.3 Å². The highest BCUT2D eigenvalue weighted by Gasteiger charge is 2.26. The van der Waals surface area contributed by atoms with Crippen molar-refractivity contribution in [1.82, 2.24) is 9.80 Å². The molecule has 0 saturated carbocycles. The number of hydrogen-bond acceptors (Lipinski definition) is 4. The molecule has 2 N–H and O–H groups in total. The first-order valence-electron chi connectivity index (χ1n) is 8.33. The van der Waals surface area contributed by atoms with Crippen LogP contribution in [0.5, 0.6) is 0 Å². The molecule has 3 rings (SSSR count). The largest absolute Gasteiger partial charge is 0.377 e. The van der Waals surface area contributed by atoms with Crippen LogP contribution in [0.2, 0.25) is 5.02 Å². The minimum absolute atomic E-state index is 0.113. The molecule has 0 spiro atoms. The maximum atomic E-state index is 12.7. The predicted octanol–water partition coefficient (Wildman–Crippen LogP) is 1.83. The molecule has 2 aliphatic heterocycles. The van der Waals surface area contributed by atoms with Crippen LogP contribution in [0.1, 0.15) is 23.2 Å². The van der Waals surface area contributed by atoms with E-state index in [4.69, 9.17) is 20.9 Å². The molecule has 0 radical (unpaired) electrons. The van der Waals surface area contributed by atoms with Crippen molar-refractivity contribution in [2.24, 2.45) is 0 Å². The summed E-state index contributed by atoms with van der Waals surface area (Å²) in [6.45, 7) is 4.75. The van der Waals surface area contributed by atoms with Gasteiger partial charge in [0, 0.05) is 45.0 Å². The van der Waals surface area contributed by atoms with Crippen molar-refractivity contribution in [2.45, 2.75) is 18.9 Å². The van der Waals surface area contributed by atoms with E-state index < -0.39 is 11.3 Å². The maximum absolute atomic E-state index is 12.7. The molecule has 1 amide bonds. The minimum atomic E-state index is -2.17. The second-order valence-corrected chi connectivity index (χ2v) is 7.38. The Balaban J connectivity index is 1.56. The van der Waals surface area contributed by atoms with E-state index in [2.05, 4.69) is 9.62 Å². The van der Waals surface area contributed by atoms with Crippen LogP contribution < -0.4 is 4.72 Å². The normalized spacial score (nSPS) is 22.8. The van der Waals surface area contributed by atoms with Gasteiger partial charge in [0.2, 0.25) is 0 Å². The van der Waals surface area contributed by atoms with Gasteiger partial charge in [-0.3, -0.25) is 19.0 Å². The molecule has 0 aromatic heterocycles. The zero-order valence-electron chi connectivity index (χ0n) is 13.8. The number of nitrogens with zero attached hydrogens (tertiary/aromatic N) is 2. The van der Waals surface area contributed by atoms with Crippen molar-refractivity contribution in [3.05, 3.63) is 28.8 Å². The molecule has 25 heavy (non-hydrogen) atoms. The summed E-state index contributed by atoms with van der Waals surface area (Å²) in [5, 5.41) is 0.266. The van der Waals surface area contributed by atoms with Crippen LogP contribution in [0.4, 0.5) is 5.69 Å². The monoisotopic (exact) mass is 387 g/mol. The average molecular weight is 388 g/mol. The summed E-state index contributed by atoms with van der Waals surface area (Å²) < 4.78 is 27.6. The van der Waals surface area contributed by atoms with E-state index in [0.29, 0.717) is 30.4 Å². The zero-order valence-corrected chi connectivity index (χ0v) is 15.4. The number of anilines is 1. The van der Waals surface area contributed by atoms with Gasteiger partial charge in [-0.15, -0.1) is 0 Å². The fourth-order valence-electron chi connectivity index (χ4n) is 3.23. The summed E-state index contributed by atoms with van der Waals surface area (Å²) in [7, 11) is 0. The van der Waals surface area contributed by atoms with E-state index >= 15 is 0 Å². The van der Waals surface area contributed by atoms with Gasteiger partial charge < -0.3 is 9.64 Å². The number of hydrogen-bond donors (Lipinski definition) is 2. The van der Waals surface area contributed by atoms with Crippen molar-refractivity contribution in [1.29, 1.82) is 0 Å². The Hall–Kier alpha value is -1.19. The topological polar surface area (TPSA) is 82.1 Å². The van der Waals surface area contributed by atoms with E-state index in [1.165, 1.54) is 6.07 Å². The van der Waals surface area contributed by atoms with Gasteiger partial charge in [0.05, 0.1) is 16.7 Å². The van der Waals surface area contributed by atoms with E-state index in [-0.39, 0.29) is 10.9 Å². The summed E-state index contributed by atoms with van der Waals surface area (Å²) in [4.78, 5) is 16.8. The quantitative estimate of drug-likeness (QED) is 0.753. The first-order valence-corrected chi connectivity index (χ1v) is 9.81. The number of carbonyl (C=O) groups is 1. The highest BCUT2D eigenvalue weighted by Crippen LogP contribution is 2.23. The molecule has 2 atom stereocenters. The number of halogens is 1. The van der Waals surface area contributed by atoms with Crippen molar-refractivity contribution >= 4 is 34.5 Å². The zero-order chi connectivity index (χ0) is 17.8. The Morgan fingerprint density at radius 2 is 2.12 bits per heavy atom. The van der Waals surface area contributed by atoms with Crippen LogP contribution in [0.25, 0.3) is 0 Å². The number of carbonyl (C=O) groups excluding carboxylic acids is 1. The number of rotatable bonds is 5. The summed E-state index contributed by atoms with van der Waals surface area (Å²) >= 11 is 4.00. The number of nitrogens with one attached hydrogen (secondary N) is 1. The molecule has 2 heterocycles. The van der Waals surface area contributed by atoms with Gasteiger partial charge in [-0.1, -0.05) is 11.6 Å². The number of benzene rings is 1. The minimum Gasteiger partial charge on any atom is -0.377 e. The molecule has 2 fully saturated rings. The molecular weight excluding hydrogens is 366 g/mol. The van der Waals surface area contributed by atoms with E-state index in [9.17, 15) is 9.00 Å². The van der Waals surface area contributed by atoms with E-state index in [1.807, 2.05) is 0 Å². The van der Waals surface area contributed by atoms with E-state index in [0.717, 1.165) is 39.1 Å². The lowest BCUT2D eigenvalue weighted by Crippen LogP contribution is -2.50. The molecule has 0 aliphatic carbocycles. The first-order chi connectivity index (χ1) is 12.0. The van der Waals surface area contributed by atoms with Gasteiger partial charge in [-0.2, -0.15) is 0 Å². The summed E-state index contributed by atoms with van der Waals surface area (Å²) in [6, 6.07) is 4.64. The van der Waals surface area contributed by atoms with Crippen LogP contribution in [0.3, 0.4) is 0 Å². The van der Waals surface area contributed by atoms with Crippen molar-refractivity contribution in [3.63, 3.8) is 0 Å². The lowest BCUT2D eigenvalue weighted by atomic mass is 10.1. The summed E-state index contributed by atoms with van der Waals surface area (Å²) in [5.41, 5.74) is 0.798. The molecule has 1 aromatic carbocycles. The SMILES string of the molecule is O=C(c1ccc(NS(=O)O)cc1Cl)N1CCN(CC2CCCO2)CC1. The van der Waals surface area contributed by atoms with Crippen molar-refractivity contribution in [3.8, 4) is 0 Å². The first kappa shape index (κ1) is 18.6. The maximum Gasteiger partial charge on any atom is 0.259 e. The molecular formula is C16H22ClN3O4S. The molecule has 1 aromatic rings. The third kappa shape index (κ3) is 4.92. The Kier molecular flexibility index (Phi) is 6.29. The lowest BCUT2D eigenvalue weighted by Gasteiger charge is -2.35. The van der Waals surface area contributed by atoms with Crippen LogP contribution >= 0.6 is 11.6 Å². The standard InChI is InChI=1S/C16H22ClN3O4S/c17-15-10-12(18-25(22)23)3-4-14(15)16(21)20-7-5-19(6-8-20)11-13-2-1-9-24-13/h3-4,10,13,18H,1-2,5-9,11H2,(H,22,23). The molecule has 0 bridgehead atoms. The van der Waals surface area contributed by atoms with Gasteiger partial charge in [-0.05, 0) is 31.0 Å². The third-order valence-electron chi connectivity index (χ3n) is 4.55. The molecule has 7 nitrogen and oxygen atoms in total. The third-order valence-corrected chi connectivity index (χ3v) is 5.27. The molecule has 2 aliphatic rings. The Bertz CT molecular complexity index is 646. The van der Waals surface area contributed by atoms with Crippen LogP contribution in [-0.4, -0.2) is 69.9 Å². The summed E-state index contributed by atoms with van der Waals surface area (Å²) in [5.74, 6) is -0.113.